The molecule has 10 aromatic rings. The summed E-state index contributed by atoms with van der Waals surface area (Å²) in [5.41, 5.74) is 13.8. The number of hydrogen-bond donors (Lipinski definition) is 0. The van der Waals surface area contributed by atoms with Crippen LogP contribution in [0.15, 0.2) is 228 Å². The molecule has 1 atom stereocenters. The van der Waals surface area contributed by atoms with Crippen molar-refractivity contribution >= 4 is 44.2 Å². The van der Waals surface area contributed by atoms with E-state index in [2.05, 4.69) is 229 Å². The second kappa shape index (κ2) is 13.9. The highest BCUT2D eigenvalue weighted by Gasteiger charge is 2.48. The first-order valence-corrected chi connectivity index (χ1v) is 21.0. The molecule has 0 spiro atoms. The second-order valence-corrected chi connectivity index (χ2v) is 16.1. The summed E-state index contributed by atoms with van der Waals surface area (Å²) in [5, 5.41) is 4.99. The highest BCUT2D eigenvalue weighted by atomic mass is 15.3. The lowest BCUT2D eigenvalue weighted by atomic mass is 9.66. The zero-order valence-electron chi connectivity index (χ0n) is 33.7. The minimum atomic E-state index is -0.564. The van der Waals surface area contributed by atoms with E-state index >= 15 is 0 Å². The van der Waals surface area contributed by atoms with Gasteiger partial charge in [0.1, 0.15) is 12.0 Å². The van der Waals surface area contributed by atoms with E-state index < -0.39 is 5.41 Å². The van der Waals surface area contributed by atoms with Crippen molar-refractivity contribution in [1.82, 2.24) is 9.47 Å². The predicted octanol–water partition coefficient (Wildman–Crippen LogP) is 13.1. The Bertz CT molecular complexity index is 3310. The summed E-state index contributed by atoms with van der Waals surface area (Å²) in [6.07, 6.45) is -0.215. The molecule has 0 saturated heterocycles. The number of rotatable bonds is 6. The molecule has 2 aliphatic rings. The standard InChI is InChI=1S/C57H40N4/c1-60-55(39-20-6-2-7-21-39)58-54(59-56(60)40-22-8-3-9-23-40)38-34-36-43(37-35-38)61-49-33-19-17-31-47(49)51-52-50(44-28-14-15-29-45(44)53(51)61)46-30-16-18-32-48(46)57(52,41-24-10-4-11-25-41)42-26-12-5-13-27-42/h2-37,55H,1H3. The summed E-state index contributed by atoms with van der Waals surface area (Å²) in [5.74, 6) is 1.61. The highest BCUT2D eigenvalue weighted by molar-refractivity contribution is 6.26. The second-order valence-electron chi connectivity index (χ2n) is 16.1. The minimum Gasteiger partial charge on any atom is -0.333 e. The maximum Gasteiger partial charge on any atom is 0.159 e. The maximum absolute atomic E-state index is 5.29. The normalized spacial score (nSPS) is 15.4. The van der Waals surface area contributed by atoms with Crippen LogP contribution in [0.1, 0.15) is 45.1 Å². The van der Waals surface area contributed by atoms with Crippen molar-refractivity contribution in [3.05, 3.63) is 257 Å². The number of hydrogen-bond acceptors (Lipinski definition) is 3. The minimum absolute atomic E-state index is 0.215. The van der Waals surface area contributed by atoms with Crippen LogP contribution < -0.4 is 0 Å². The molecule has 0 amide bonds. The molecular formula is C57H40N4. The van der Waals surface area contributed by atoms with Crippen molar-refractivity contribution in [3.63, 3.8) is 0 Å². The van der Waals surface area contributed by atoms with Gasteiger partial charge in [-0.1, -0.05) is 188 Å². The van der Waals surface area contributed by atoms with E-state index in [-0.39, 0.29) is 6.17 Å². The Kier molecular flexibility index (Phi) is 8.01. The molecule has 1 unspecified atom stereocenters. The van der Waals surface area contributed by atoms with Crippen LogP contribution in [0.5, 0.6) is 0 Å². The Labute approximate surface area is 355 Å². The molecule has 2 heterocycles. The van der Waals surface area contributed by atoms with Crippen LogP contribution in [-0.2, 0) is 5.41 Å². The van der Waals surface area contributed by atoms with Gasteiger partial charge in [0.15, 0.2) is 5.84 Å². The quantitative estimate of drug-likeness (QED) is 0.165. The molecule has 0 saturated carbocycles. The average molecular weight is 781 g/mol. The molecule has 1 aliphatic heterocycles. The fourth-order valence-electron chi connectivity index (χ4n) is 10.3. The molecule has 9 aromatic carbocycles. The third kappa shape index (κ3) is 5.19. The molecule has 4 heteroatoms. The van der Waals surface area contributed by atoms with Crippen LogP contribution in [0.3, 0.4) is 0 Å². The van der Waals surface area contributed by atoms with Crippen molar-refractivity contribution in [2.24, 2.45) is 9.98 Å². The van der Waals surface area contributed by atoms with Crippen molar-refractivity contribution in [3.8, 4) is 16.8 Å². The van der Waals surface area contributed by atoms with Gasteiger partial charge in [-0.3, -0.25) is 0 Å². The monoisotopic (exact) mass is 780 g/mol. The van der Waals surface area contributed by atoms with Gasteiger partial charge in [-0.05, 0) is 74.7 Å². The van der Waals surface area contributed by atoms with Gasteiger partial charge in [-0.15, -0.1) is 0 Å². The zero-order valence-corrected chi connectivity index (χ0v) is 33.7. The van der Waals surface area contributed by atoms with E-state index in [1.54, 1.807) is 0 Å². The van der Waals surface area contributed by atoms with Gasteiger partial charge in [0.25, 0.3) is 0 Å². The summed E-state index contributed by atoms with van der Waals surface area (Å²) in [6.45, 7) is 0. The van der Waals surface area contributed by atoms with Crippen LogP contribution in [0, 0.1) is 0 Å². The van der Waals surface area contributed by atoms with Gasteiger partial charge in [0.05, 0.1) is 16.4 Å². The first kappa shape index (κ1) is 35.2. The third-order valence-corrected chi connectivity index (χ3v) is 12.9. The number of benzene rings is 9. The van der Waals surface area contributed by atoms with Crippen LogP contribution in [-0.4, -0.2) is 28.2 Å². The first-order chi connectivity index (χ1) is 30.2. The van der Waals surface area contributed by atoms with E-state index in [1.807, 2.05) is 6.07 Å². The van der Waals surface area contributed by atoms with Crippen molar-refractivity contribution in [1.29, 1.82) is 0 Å². The van der Waals surface area contributed by atoms with Gasteiger partial charge in [0, 0.05) is 40.0 Å². The van der Waals surface area contributed by atoms with Crippen molar-refractivity contribution in [2.45, 2.75) is 11.6 Å². The van der Waals surface area contributed by atoms with E-state index in [0.29, 0.717) is 0 Å². The van der Waals surface area contributed by atoms with E-state index in [1.165, 1.54) is 66.0 Å². The number of fused-ring (bicyclic) bond motifs is 10. The summed E-state index contributed by atoms with van der Waals surface area (Å²) in [4.78, 5) is 12.7. The number of amidine groups is 2. The van der Waals surface area contributed by atoms with Crippen LogP contribution >= 0.6 is 0 Å². The molecule has 1 aliphatic carbocycles. The van der Waals surface area contributed by atoms with Gasteiger partial charge in [0.2, 0.25) is 0 Å². The lowest BCUT2D eigenvalue weighted by Gasteiger charge is -2.34. The Hall–Kier alpha value is -7.82. The molecule has 0 N–H and O–H groups in total. The fraction of sp³-hybridized carbons (Fsp3) is 0.0526. The topological polar surface area (TPSA) is 32.9 Å². The van der Waals surface area contributed by atoms with E-state index in [9.17, 15) is 0 Å². The van der Waals surface area contributed by atoms with Crippen molar-refractivity contribution in [2.75, 3.05) is 7.05 Å². The van der Waals surface area contributed by atoms with Gasteiger partial charge < -0.3 is 9.47 Å². The molecular weight excluding hydrogens is 741 g/mol. The van der Waals surface area contributed by atoms with Gasteiger partial charge >= 0.3 is 0 Å². The number of para-hydroxylation sites is 1. The third-order valence-electron chi connectivity index (χ3n) is 12.9. The molecule has 0 bridgehead atoms. The Morgan fingerprint density at radius 2 is 1.05 bits per heavy atom. The molecule has 0 fully saturated rings. The van der Waals surface area contributed by atoms with Crippen LogP contribution in [0.25, 0.3) is 49.4 Å². The molecule has 0 radical (unpaired) electrons. The Balaban J connectivity index is 1.13. The summed E-state index contributed by atoms with van der Waals surface area (Å²) < 4.78 is 2.49. The first-order valence-electron chi connectivity index (χ1n) is 21.0. The smallest absolute Gasteiger partial charge is 0.159 e. The summed E-state index contributed by atoms with van der Waals surface area (Å²) >= 11 is 0. The molecule has 61 heavy (non-hydrogen) atoms. The molecule has 288 valence electrons. The SMILES string of the molecule is CN1C(c2ccccc2)=NC(c2ccc(-n3c4ccccc4c4c5c(c6ccccc6c43)-c3ccccc3C5(c3ccccc3)c3ccccc3)cc2)=NC1c1ccccc1. The fourth-order valence-corrected chi connectivity index (χ4v) is 10.3. The van der Waals surface area contributed by atoms with Gasteiger partial charge in [-0.25, -0.2) is 9.98 Å². The maximum atomic E-state index is 5.29. The van der Waals surface area contributed by atoms with E-state index in [4.69, 9.17) is 9.98 Å². The largest absolute Gasteiger partial charge is 0.333 e. The summed E-state index contributed by atoms with van der Waals surface area (Å²) in [6, 6.07) is 79.1. The van der Waals surface area contributed by atoms with Gasteiger partial charge in [-0.2, -0.15) is 0 Å². The zero-order chi connectivity index (χ0) is 40.5. The lowest BCUT2D eigenvalue weighted by Crippen LogP contribution is -2.35. The summed E-state index contributed by atoms with van der Waals surface area (Å²) in [7, 11) is 2.08. The Morgan fingerprint density at radius 1 is 0.492 bits per heavy atom. The molecule has 12 rings (SSSR count). The average Bonchev–Trinajstić information content (AvgIpc) is 3.85. The number of aliphatic imine (C=N–C) groups is 2. The molecule has 4 nitrogen and oxygen atoms in total. The van der Waals surface area contributed by atoms with E-state index in [0.717, 1.165) is 34.0 Å². The van der Waals surface area contributed by atoms with Crippen LogP contribution in [0.2, 0.25) is 0 Å². The molecule has 1 aromatic heterocycles. The number of aromatic nitrogens is 1. The lowest BCUT2D eigenvalue weighted by molar-refractivity contribution is 0.383. The predicted molar refractivity (Wildman–Crippen MR) is 252 cm³/mol. The Morgan fingerprint density at radius 3 is 1.74 bits per heavy atom. The highest BCUT2D eigenvalue weighted by Crippen LogP contribution is 2.61. The van der Waals surface area contributed by atoms with Crippen LogP contribution in [0.4, 0.5) is 0 Å². The van der Waals surface area contributed by atoms with Crippen molar-refractivity contribution < 1.29 is 0 Å². The number of nitrogens with zero attached hydrogens (tertiary/aromatic N) is 4.